The molecular weight excluding hydrogens is 340 g/mol. The minimum absolute atomic E-state index is 0.164. The molecule has 0 bridgehead atoms. The Morgan fingerprint density at radius 1 is 1.22 bits per heavy atom. The fourth-order valence-corrected chi connectivity index (χ4v) is 4.34. The number of nitrogens with zero attached hydrogens (tertiary/aromatic N) is 8. The predicted molar refractivity (Wildman–Crippen MR) is 105 cm³/mol. The van der Waals surface area contributed by atoms with Crippen molar-refractivity contribution in [3.05, 3.63) is 17.8 Å². The van der Waals surface area contributed by atoms with Crippen LogP contribution >= 0.6 is 0 Å². The highest BCUT2D eigenvalue weighted by atomic mass is 15.4. The van der Waals surface area contributed by atoms with Crippen molar-refractivity contribution in [2.45, 2.75) is 59.0 Å². The molecule has 2 aromatic heterocycles. The zero-order valence-corrected chi connectivity index (χ0v) is 16.4. The summed E-state index contributed by atoms with van der Waals surface area (Å²) in [5, 5.41) is 8.80. The summed E-state index contributed by atoms with van der Waals surface area (Å²) in [4.78, 5) is 19.1. The van der Waals surface area contributed by atoms with Gasteiger partial charge in [-0.25, -0.2) is 4.98 Å². The molecule has 8 heteroatoms. The van der Waals surface area contributed by atoms with Gasteiger partial charge in [0.2, 0.25) is 5.95 Å². The van der Waals surface area contributed by atoms with E-state index in [1.165, 1.54) is 18.7 Å². The van der Waals surface area contributed by atoms with Gasteiger partial charge in [0.05, 0.1) is 18.8 Å². The maximum atomic E-state index is 5.06. The molecule has 1 fully saturated rings. The maximum absolute atomic E-state index is 5.06. The molecule has 2 aromatic rings. The molecule has 0 N–H and O–H groups in total. The molecule has 0 unspecified atom stereocenters. The molecule has 0 saturated heterocycles. The van der Waals surface area contributed by atoms with Gasteiger partial charge >= 0.3 is 0 Å². The van der Waals surface area contributed by atoms with E-state index in [0.29, 0.717) is 12.0 Å². The zero-order valence-electron chi connectivity index (χ0n) is 16.4. The second-order valence-electron chi connectivity index (χ2n) is 7.91. The minimum atomic E-state index is 0.164. The maximum Gasteiger partial charge on any atom is 0.232 e. The highest BCUT2D eigenvalue weighted by Gasteiger charge is 2.38. The number of aryl methyl sites for hydroxylation is 1. The van der Waals surface area contributed by atoms with Gasteiger partial charge in [-0.15, -0.1) is 10.2 Å². The average molecular weight is 366 g/mol. The smallest absolute Gasteiger partial charge is 0.232 e. The molecule has 4 heterocycles. The fourth-order valence-electron chi connectivity index (χ4n) is 4.34. The molecule has 1 saturated carbocycles. The van der Waals surface area contributed by atoms with Crippen LogP contribution in [0, 0.1) is 12.8 Å². The largest absolute Gasteiger partial charge is 0.342 e. The second kappa shape index (κ2) is 6.00. The van der Waals surface area contributed by atoms with E-state index in [4.69, 9.17) is 15.0 Å². The number of anilines is 2. The van der Waals surface area contributed by atoms with Gasteiger partial charge in [0.1, 0.15) is 17.3 Å². The van der Waals surface area contributed by atoms with Crippen molar-refractivity contribution in [3.63, 3.8) is 0 Å². The minimum Gasteiger partial charge on any atom is -0.342 e. The van der Waals surface area contributed by atoms with Gasteiger partial charge in [0.15, 0.2) is 11.6 Å². The lowest BCUT2D eigenvalue weighted by molar-refractivity contribution is 0.496. The first-order valence-electron chi connectivity index (χ1n) is 9.99. The first-order valence-corrected chi connectivity index (χ1v) is 9.99. The van der Waals surface area contributed by atoms with E-state index < -0.39 is 0 Å². The second-order valence-corrected chi connectivity index (χ2v) is 7.91. The third-order valence-corrected chi connectivity index (χ3v) is 5.71. The molecule has 142 valence electrons. The standard InChI is InChI=1S/C19H26N8/c1-5-14-18-24-23-12(4)27(18)15-10-21-19(22-17(15)26(14)11(2)3)25-9-8-20-16(25)13-6-7-13/h10-11,13-14H,5-9H2,1-4H3/t14-/m1/s1. The Labute approximate surface area is 159 Å². The van der Waals surface area contributed by atoms with E-state index in [1.54, 1.807) is 0 Å². The quantitative estimate of drug-likeness (QED) is 0.828. The van der Waals surface area contributed by atoms with Gasteiger partial charge in [0, 0.05) is 18.5 Å². The Bertz CT molecular complexity index is 910. The zero-order chi connectivity index (χ0) is 18.7. The van der Waals surface area contributed by atoms with Crippen LogP contribution in [0.15, 0.2) is 11.2 Å². The van der Waals surface area contributed by atoms with Gasteiger partial charge < -0.3 is 4.90 Å². The molecule has 3 aliphatic rings. The number of aromatic nitrogens is 5. The molecule has 8 nitrogen and oxygen atoms in total. The van der Waals surface area contributed by atoms with Gasteiger partial charge in [-0.2, -0.15) is 4.98 Å². The highest BCUT2D eigenvalue weighted by Crippen LogP contribution is 2.41. The summed E-state index contributed by atoms with van der Waals surface area (Å²) in [6, 6.07) is 0.467. The van der Waals surface area contributed by atoms with Crippen LogP contribution in [0.25, 0.3) is 5.69 Å². The van der Waals surface area contributed by atoms with Crippen LogP contribution in [0.2, 0.25) is 0 Å². The van der Waals surface area contributed by atoms with Crippen LogP contribution in [0.1, 0.15) is 57.7 Å². The van der Waals surface area contributed by atoms with Crippen molar-refractivity contribution in [3.8, 4) is 5.69 Å². The van der Waals surface area contributed by atoms with Crippen LogP contribution in [0.4, 0.5) is 11.8 Å². The van der Waals surface area contributed by atoms with E-state index in [-0.39, 0.29) is 6.04 Å². The van der Waals surface area contributed by atoms with Gasteiger partial charge in [-0.05, 0) is 40.0 Å². The summed E-state index contributed by atoms with van der Waals surface area (Å²) in [5.41, 5.74) is 0.971. The van der Waals surface area contributed by atoms with Gasteiger partial charge in [-0.3, -0.25) is 14.5 Å². The summed E-state index contributed by atoms with van der Waals surface area (Å²) in [6.07, 6.45) is 5.36. The summed E-state index contributed by atoms with van der Waals surface area (Å²) in [7, 11) is 0. The number of hydrogen-bond acceptors (Lipinski definition) is 7. The summed E-state index contributed by atoms with van der Waals surface area (Å²) >= 11 is 0. The normalized spacial score (nSPS) is 21.5. The molecule has 1 aliphatic carbocycles. The lowest BCUT2D eigenvalue weighted by atomic mass is 10.1. The van der Waals surface area contributed by atoms with Gasteiger partial charge in [0.25, 0.3) is 0 Å². The van der Waals surface area contributed by atoms with Crippen molar-refractivity contribution in [1.29, 1.82) is 0 Å². The molecule has 0 amide bonds. The van der Waals surface area contributed by atoms with E-state index in [2.05, 4.69) is 45.3 Å². The molecule has 1 atom stereocenters. The van der Waals surface area contributed by atoms with Crippen LogP contribution in [-0.4, -0.2) is 49.7 Å². The van der Waals surface area contributed by atoms with Crippen LogP contribution in [0.3, 0.4) is 0 Å². The van der Waals surface area contributed by atoms with Crippen LogP contribution in [-0.2, 0) is 0 Å². The summed E-state index contributed by atoms with van der Waals surface area (Å²) in [6.45, 7) is 10.3. The molecule has 5 rings (SSSR count). The molecule has 2 aliphatic heterocycles. The number of hydrogen-bond donors (Lipinski definition) is 0. The van der Waals surface area contributed by atoms with Crippen molar-refractivity contribution in [2.75, 3.05) is 22.9 Å². The number of rotatable bonds is 4. The number of fused-ring (bicyclic) bond motifs is 3. The van der Waals surface area contributed by atoms with Crippen molar-refractivity contribution >= 4 is 17.6 Å². The fraction of sp³-hybridized carbons (Fsp3) is 0.632. The molecular formula is C19H26N8. The van der Waals surface area contributed by atoms with Crippen molar-refractivity contribution in [2.24, 2.45) is 10.9 Å². The van der Waals surface area contributed by atoms with Crippen LogP contribution in [0.5, 0.6) is 0 Å². The number of aliphatic imine (C=N–C) groups is 1. The monoisotopic (exact) mass is 366 g/mol. The summed E-state index contributed by atoms with van der Waals surface area (Å²) in [5.74, 6) is 5.38. The van der Waals surface area contributed by atoms with E-state index in [1.807, 2.05) is 13.1 Å². The highest BCUT2D eigenvalue weighted by molar-refractivity contribution is 6.01. The van der Waals surface area contributed by atoms with Crippen LogP contribution < -0.4 is 9.80 Å². The first kappa shape index (κ1) is 16.6. The molecule has 0 radical (unpaired) electrons. The number of amidine groups is 1. The topological polar surface area (TPSA) is 75.3 Å². The van der Waals surface area contributed by atoms with E-state index in [0.717, 1.165) is 48.6 Å². The van der Waals surface area contributed by atoms with E-state index in [9.17, 15) is 0 Å². The van der Waals surface area contributed by atoms with Gasteiger partial charge in [-0.1, -0.05) is 6.92 Å². The average Bonchev–Trinajstić information content (AvgIpc) is 3.26. The third-order valence-electron chi connectivity index (χ3n) is 5.71. The van der Waals surface area contributed by atoms with Crippen molar-refractivity contribution < 1.29 is 0 Å². The Morgan fingerprint density at radius 2 is 2.04 bits per heavy atom. The SMILES string of the molecule is CC[C@@H]1c2nnc(C)n2-c2cnc(N3CCN=C3C3CC3)nc2N1C(C)C. The first-order chi connectivity index (χ1) is 13.1. The molecule has 0 spiro atoms. The predicted octanol–water partition coefficient (Wildman–Crippen LogP) is 2.67. The Hall–Kier alpha value is -2.51. The Kier molecular flexibility index (Phi) is 3.70. The molecule has 0 aromatic carbocycles. The Morgan fingerprint density at radius 3 is 2.74 bits per heavy atom. The van der Waals surface area contributed by atoms with E-state index >= 15 is 0 Å². The summed E-state index contributed by atoms with van der Waals surface area (Å²) < 4.78 is 2.12. The lowest BCUT2D eigenvalue weighted by Crippen LogP contribution is -2.41. The molecule has 27 heavy (non-hydrogen) atoms. The third kappa shape index (κ3) is 2.45. The lowest BCUT2D eigenvalue weighted by Gasteiger charge is -2.40. The Balaban J connectivity index is 1.65. The van der Waals surface area contributed by atoms with Crippen molar-refractivity contribution in [1.82, 2.24) is 24.7 Å².